The molecule has 1 atom stereocenters. The smallest absolute Gasteiger partial charge is 0.161 e. The Bertz CT molecular complexity index is 574. The number of aryl methyl sites for hydroxylation is 1. The first kappa shape index (κ1) is 15.6. The van der Waals surface area contributed by atoms with Crippen LogP contribution in [0.5, 0.6) is 5.75 Å². The zero-order valence-corrected chi connectivity index (χ0v) is 13.4. The molecular weight excluding hydrogens is 268 g/mol. The molecule has 6 nitrogen and oxygen atoms in total. The summed E-state index contributed by atoms with van der Waals surface area (Å²) in [5.41, 5.74) is 2.09. The van der Waals surface area contributed by atoms with Crippen molar-refractivity contribution >= 4 is 0 Å². The molecule has 21 heavy (non-hydrogen) atoms. The van der Waals surface area contributed by atoms with Crippen LogP contribution in [0.3, 0.4) is 0 Å². The Labute approximate surface area is 125 Å². The van der Waals surface area contributed by atoms with E-state index < -0.39 is 0 Å². The van der Waals surface area contributed by atoms with Crippen molar-refractivity contribution in [3.8, 4) is 5.75 Å². The van der Waals surface area contributed by atoms with Crippen LogP contribution in [0, 0.1) is 6.92 Å². The van der Waals surface area contributed by atoms with Crippen LogP contribution in [0.2, 0.25) is 0 Å². The topological polar surface area (TPSA) is 55.5 Å². The number of nitrogens with one attached hydrogen (secondary N) is 1. The normalized spacial score (nSPS) is 12.9. The number of ether oxygens (including phenoxy) is 1. The molecule has 0 amide bonds. The van der Waals surface area contributed by atoms with E-state index in [9.17, 15) is 0 Å². The second-order valence-corrected chi connectivity index (χ2v) is 5.34. The van der Waals surface area contributed by atoms with Gasteiger partial charge >= 0.3 is 0 Å². The van der Waals surface area contributed by atoms with Crippen LogP contribution >= 0.6 is 0 Å². The lowest BCUT2D eigenvalue weighted by atomic mass is 10.1. The number of likely N-dealkylation sites (N-methyl/N-ethyl adjacent to an activating group) is 1. The van der Waals surface area contributed by atoms with Gasteiger partial charge in [0, 0.05) is 12.1 Å². The van der Waals surface area contributed by atoms with E-state index in [4.69, 9.17) is 9.15 Å². The summed E-state index contributed by atoms with van der Waals surface area (Å²) in [6, 6.07) is 2.02. The molecule has 0 fully saturated rings. The third kappa shape index (κ3) is 3.46. The average Bonchev–Trinajstić information content (AvgIpc) is 3.05. The van der Waals surface area contributed by atoms with Crippen LogP contribution in [0.4, 0.5) is 0 Å². The average molecular weight is 292 g/mol. The molecule has 116 valence electrons. The Hall–Kier alpha value is -1.79. The fourth-order valence-electron chi connectivity index (χ4n) is 2.38. The quantitative estimate of drug-likeness (QED) is 0.841. The number of aromatic nitrogens is 2. The number of hydrogen-bond acceptors (Lipinski definition) is 5. The van der Waals surface area contributed by atoms with E-state index in [1.165, 1.54) is 0 Å². The highest BCUT2D eigenvalue weighted by Gasteiger charge is 2.23. The van der Waals surface area contributed by atoms with Gasteiger partial charge < -0.3 is 19.4 Å². The van der Waals surface area contributed by atoms with Crippen LogP contribution in [-0.4, -0.2) is 49.5 Å². The Morgan fingerprint density at radius 3 is 2.76 bits per heavy atom. The lowest BCUT2D eigenvalue weighted by molar-refractivity contribution is 0.360. The molecule has 2 rings (SSSR count). The molecular formula is C15H24N4O2. The fourth-order valence-corrected chi connectivity index (χ4v) is 2.38. The van der Waals surface area contributed by atoms with Crippen molar-refractivity contribution in [2.24, 2.45) is 0 Å². The summed E-state index contributed by atoms with van der Waals surface area (Å²) in [7, 11) is 7.70. The van der Waals surface area contributed by atoms with Gasteiger partial charge in [0.25, 0.3) is 0 Å². The molecule has 2 aromatic rings. The van der Waals surface area contributed by atoms with Crippen molar-refractivity contribution in [3.63, 3.8) is 0 Å². The van der Waals surface area contributed by atoms with Crippen molar-refractivity contribution in [2.45, 2.75) is 19.5 Å². The molecule has 6 heteroatoms. The third-order valence-electron chi connectivity index (χ3n) is 3.47. The predicted octanol–water partition coefficient (Wildman–Crippen LogP) is 1.66. The second kappa shape index (κ2) is 6.78. The van der Waals surface area contributed by atoms with Crippen LogP contribution in [0.15, 0.2) is 22.9 Å². The third-order valence-corrected chi connectivity index (χ3v) is 3.47. The molecule has 0 saturated heterocycles. The van der Waals surface area contributed by atoms with E-state index in [1.807, 2.05) is 24.7 Å². The molecule has 0 aliphatic carbocycles. The van der Waals surface area contributed by atoms with Gasteiger partial charge in [-0.3, -0.25) is 4.68 Å². The highest BCUT2D eigenvalue weighted by Crippen LogP contribution is 2.30. The summed E-state index contributed by atoms with van der Waals surface area (Å²) in [6.45, 7) is 3.66. The summed E-state index contributed by atoms with van der Waals surface area (Å²) >= 11 is 0. The molecule has 1 N–H and O–H groups in total. The van der Waals surface area contributed by atoms with Gasteiger partial charge in [0.1, 0.15) is 11.5 Å². The van der Waals surface area contributed by atoms with E-state index in [0.717, 1.165) is 35.9 Å². The van der Waals surface area contributed by atoms with Crippen LogP contribution in [-0.2, 0) is 6.54 Å². The van der Waals surface area contributed by atoms with Gasteiger partial charge in [-0.2, -0.15) is 5.10 Å². The molecule has 0 aromatic carbocycles. The zero-order chi connectivity index (χ0) is 15.4. The van der Waals surface area contributed by atoms with E-state index in [-0.39, 0.29) is 6.04 Å². The van der Waals surface area contributed by atoms with Gasteiger partial charge in [-0.05, 0) is 34.1 Å². The molecule has 1 unspecified atom stereocenters. The summed E-state index contributed by atoms with van der Waals surface area (Å²) in [5.74, 6) is 1.68. The standard InChI is InChI=1S/C15H24N4O2/c1-11-8-12(10-21-11)14(16-2)15-13(20-5)9-17-19(15)7-6-18(3)4/h8-10,14,16H,6-7H2,1-5H3. The van der Waals surface area contributed by atoms with Crippen LogP contribution in [0.25, 0.3) is 0 Å². The maximum absolute atomic E-state index is 5.48. The summed E-state index contributed by atoms with van der Waals surface area (Å²) in [5, 5.41) is 7.78. The number of rotatable bonds is 7. The van der Waals surface area contributed by atoms with Gasteiger partial charge in [-0.1, -0.05) is 0 Å². The minimum Gasteiger partial charge on any atom is -0.493 e. The first-order valence-corrected chi connectivity index (χ1v) is 7.03. The van der Waals surface area contributed by atoms with E-state index >= 15 is 0 Å². The van der Waals surface area contributed by atoms with Crippen LogP contribution < -0.4 is 10.1 Å². The molecule has 0 saturated carbocycles. The maximum atomic E-state index is 5.48. The van der Waals surface area contributed by atoms with Gasteiger partial charge in [-0.25, -0.2) is 0 Å². The molecule has 0 spiro atoms. The Morgan fingerprint density at radius 1 is 1.48 bits per heavy atom. The number of nitrogens with zero attached hydrogens (tertiary/aromatic N) is 3. The first-order valence-electron chi connectivity index (χ1n) is 7.03. The van der Waals surface area contributed by atoms with Crippen molar-refractivity contribution < 1.29 is 9.15 Å². The van der Waals surface area contributed by atoms with Gasteiger partial charge in [0.2, 0.25) is 0 Å². The summed E-state index contributed by atoms with van der Waals surface area (Å²) in [6.07, 6.45) is 3.54. The minimum absolute atomic E-state index is 0.0120. The van der Waals surface area contributed by atoms with E-state index in [2.05, 4.69) is 29.4 Å². The monoisotopic (exact) mass is 292 g/mol. The van der Waals surface area contributed by atoms with E-state index in [1.54, 1.807) is 19.6 Å². The second-order valence-electron chi connectivity index (χ2n) is 5.34. The summed E-state index contributed by atoms with van der Waals surface area (Å²) < 4.78 is 12.9. The molecule has 0 bridgehead atoms. The minimum atomic E-state index is -0.0120. The van der Waals surface area contributed by atoms with Crippen molar-refractivity contribution in [2.75, 3.05) is 34.8 Å². The van der Waals surface area contributed by atoms with Crippen LogP contribution in [0.1, 0.15) is 23.1 Å². The lowest BCUT2D eigenvalue weighted by Gasteiger charge is -2.19. The molecule has 0 radical (unpaired) electrons. The van der Waals surface area contributed by atoms with Gasteiger partial charge in [0.05, 0.1) is 32.2 Å². The summed E-state index contributed by atoms with van der Waals surface area (Å²) in [4.78, 5) is 2.13. The molecule has 0 aliphatic heterocycles. The van der Waals surface area contributed by atoms with Crippen molar-refractivity contribution in [1.29, 1.82) is 0 Å². The maximum Gasteiger partial charge on any atom is 0.161 e. The Morgan fingerprint density at radius 2 is 2.24 bits per heavy atom. The van der Waals surface area contributed by atoms with Gasteiger partial charge in [-0.15, -0.1) is 0 Å². The van der Waals surface area contributed by atoms with E-state index in [0.29, 0.717) is 0 Å². The predicted molar refractivity (Wildman–Crippen MR) is 81.7 cm³/mol. The van der Waals surface area contributed by atoms with Crippen molar-refractivity contribution in [1.82, 2.24) is 20.0 Å². The first-order chi connectivity index (χ1) is 10.1. The fraction of sp³-hybridized carbons (Fsp3) is 0.533. The number of hydrogen-bond donors (Lipinski definition) is 1. The zero-order valence-electron chi connectivity index (χ0n) is 13.4. The Balaban J connectivity index is 2.36. The largest absolute Gasteiger partial charge is 0.493 e. The molecule has 2 aromatic heterocycles. The lowest BCUT2D eigenvalue weighted by Crippen LogP contribution is -2.25. The highest BCUT2D eigenvalue weighted by atomic mass is 16.5. The number of methoxy groups -OCH3 is 1. The SMILES string of the molecule is CNC(c1coc(C)c1)c1c(OC)cnn1CCN(C)C. The Kier molecular flexibility index (Phi) is 5.03. The highest BCUT2D eigenvalue weighted by molar-refractivity contribution is 5.35. The molecule has 2 heterocycles. The number of furan rings is 1. The molecule has 0 aliphatic rings. The van der Waals surface area contributed by atoms with Crippen molar-refractivity contribution in [3.05, 3.63) is 35.5 Å². The van der Waals surface area contributed by atoms with Gasteiger partial charge in [0.15, 0.2) is 5.75 Å².